The molecule has 15 nitrogen and oxygen atoms in total. The summed E-state index contributed by atoms with van der Waals surface area (Å²) in [7, 11) is 0. The summed E-state index contributed by atoms with van der Waals surface area (Å²) >= 11 is 25.5. The van der Waals surface area contributed by atoms with Gasteiger partial charge < -0.3 is 31.6 Å². The molecule has 0 bridgehead atoms. The number of ether oxygens (including phenoxy) is 1. The van der Waals surface area contributed by atoms with Crippen LogP contribution in [0.4, 0.5) is 22.1 Å². The van der Waals surface area contributed by atoms with Gasteiger partial charge in [-0.05, 0) is 91.0 Å². The Kier molecular flexibility index (Phi) is 15.2. The topological polar surface area (TPSA) is 228 Å². The van der Waals surface area contributed by atoms with Gasteiger partial charge in [-0.25, -0.2) is 19.0 Å². The lowest BCUT2D eigenvalue weighted by atomic mass is 9.59. The van der Waals surface area contributed by atoms with Gasteiger partial charge in [-0.1, -0.05) is 137 Å². The molecule has 1 saturated carbocycles. The van der Waals surface area contributed by atoms with E-state index in [1.54, 1.807) is 85.8 Å². The highest BCUT2D eigenvalue weighted by atomic mass is 35.5. The quantitative estimate of drug-likeness (QED) is 0.0863. The van der Waals surface area contributed by atoms with Crippen LogP contribution in [0.5, 0.6) is 0 Å². The number of carbonyl (C=O) groups excluding carboxylic acids is 3. The number of aromatic nitrogens is 4. The van der Waals surface area contributed by atoms with Gasteiger partial charge in [-0.3, -0.25) is 24.1 Å². The van der Waals surface area contributed by atoms with Crippen LogP contribution in [0, 0.1) is 35.5 Å². The number of nitrogens with zero attached hydrogens (tertiary/aromatic N) is 3. The maximum absolute atomic E-state index is 14.3. The molecule has 8 rings (SSSR count). The number of aliphatic hydroxyl groups is 1. The Hall–Kier alpha value is -6.52. The Balaban J connectivity index is 0.000000216. The van der Waals surface area contributed by atoms with Crippen LogP contribution in [-0.2, 0) is 4.74 Å². The third kappa shape index (κ3) is 10.5. The van der Waals surface area contributed by atoms with E-state index in [2.05, 4.69) is 69.1 Å². The number of hydrogen-bond donors (Lipinski definition) is 6. The lowest BCUT2D eigenvalue weighted by Crippen LogP contribution is -2.49. The standard InChI is InChI=1S/C31H39Cl2N3O4.C22H17Cl2N5O3/c1-15-13-19(30(3,4)5)24(20(14-15)31(6,7)8)40-29(39)23-22(17-9-11-18(32)12-10-17)25(33)36-27(23)35-26(34)21(16(2)37)28(36)38;1-11-15(12-7-9-13(23)10-8-12)17(24)29-19(11)27-18(25)16(21(29)31)20(30)28-22(32)26-14-5-3-2-4-6-14/h9-12,15,19-20,24,37H,13-14H2,1-8H3,(H2,34,35);2-10,27H,25H2,1H3,(H2,26,28,30,32). The predicted molar refractivity (Wildman–Crippen MR) is 287 cm³/mol. The van der Waals surface area contributed by atoms with Gasteiger partial charge in [0.15, 0.2) is 5.65 Å². The van der Waals surface area contributed by atoms with Gasteiger partial charge in [0.25, 0.3) is 17.0 Å². The number of urea groups is 1. The lowest BCUT2D eigenvalue weighted by molar-refractivity contribution is -0.0922. The molecule has 72 heavy (non-hydrogen) atoms. The molecular weight excluding hydrogens is 1000 g/mol. The Labute approximate surface area is 435 Å². The number of para-hydroxylation sites is 1. The van der Waals surface area contributed by atoms with Crippen molar-refractivity contribution in [2.45, 2.75) is 81.3 Å². The van der Waals surface area contributed by atoms with Crippen LogP contribution < -0.4 is 38.4 Å². The molecule has 7 aromatic rings. The number of H-pyrrole nitrogens is 1. The number of anilines is 3. The number of aromatic amines is 1. The number of aliphatic hydroxyl groups excluding tert-OH is 1. The van der Waals surface area contributed by atoms with Gasteiger partial charge in [0.05, 0.1) is 0 Å². The molecule has 1 fully saturated rings. The van der Waals surface area contributed by atoms with Crippen LogP contribution in [0.3, 0.4) is 0 Å². The van der Waals surface area contributed by atoms with Crippen molar-refractivity contribution in [1.29, 1.82) is 0 Å². The lowest BCUT2D eigenvalue weighted by Gasteiger charge is -2.50. The Morgan fingerprint density at radius 3 is 1.79 bits per heavy atom. The number of benzene rings is 3. The number of esters is 1. The fourth-order valence-corrected chi connectivity index (χ4v) is 10.6. The molecular formula is C53H56Cl4N8O7. The van der Waals surface area contributed by atoms with Crippen LogP contribution in [0.15, 0.2) is 88.5 Å². The first kappa shape index (κ1) is 53.3. The average Bonchev–Trinajstić information content (AvgIpc) is 3.72. The molecule has 2 unspecified atom stereocenters. The van der Waals surface area contributed by atoms with Crippen LogP contribution in [0.25, 0.3) is 39.3 Å². The van der Waals surface area contributed by atoms with E-state index >= 15 is 0 Å². The Bertz CT molecular complexity index is 3400. The number of halogens is 4. The van der Waals surface area contributed by atoms with Crippen LogP contribution in [0.2, 0.25) is 20.4 Å². The van der Waals surface area contributed by atoms with Crippen molar-refractivity contribution in [3.8, 4) is 22.3 Å². The first-order chi connectivity index (χ1) is 33.7. The van der Waals surface area contributed by atoms with Gasteiger partial charge in [-0.15, -0.1) is 0 Å². The number of rotatable bonds is 6. The second-order valence-corrected chi connectivity index (χ2v) is 21.9. The Morgan fingerprint density at radius 1 is 0.764 bits per heavy atom. The first-order valence-corrected chi connectivity index (χ1v) is 24.6. The number of nitrogens with two attached hydrogens (primary N) is 2. The zero-order valence-corrected chi connectivity index (χ0v) is 44.2. The highest BCUT2D eigenvalue weighted by molar-refractivity contribution is 6.35. The van der Waals surface area contributed by atoms with Gasteiger partial charge in [-0.2, -0.15) is 0 Å². The molecule has 378 valence electrons. The number of fused-ring (bicyclic) bond motifs is 2. The molecule has 8 N–H and O–H groups in total. The fourth-order valence-electron chi connectivity index (χ4n) is 9.61. The fraction of sp³-hybridized carbons (Fsp3) is 0.321. The van der Waals surface area contributed by atoms with E-state index in [1.807, 2.05) is 0 Å². The van der Waals surface area contributed by atoms with Crippen molar-refractivity contribution in [3.05, 3.63) is 142 Å². The average molecular weight is 1060 g/mol. The zero-order chi connectivity index (χ0) is 52.9. The largest absolute Gasteiger partial charge is 0.512 e. The molecule has 3 aromatic carbocycles. The zero-order valence-electron chi connectivity index (χ0n) is 41.1. The van der Waals surface area contributed by atoms with Crippen LogP contribution in [0.1, 0.15) is 94.5 Å². The SMILES string of the molecule is CC(O)=c1c(N)nc2c(C(=O)OC3C(C(C)(C)C)CC(C)CC3C(C)(C)C)c(-c3ccc(Cl)cc3)c(Cl)n2c1=O.Cc1c(-c2ccc(Cl)cc2)c(Cl)n2c(=O)c(C(=O)NC(=O)Nc3ccccc3)c(N)[nH]c12. The number of imide groups is 1. The van der Waals surface area contributed by atoms with E-state index in [1.165, 1.54) is 6.92 Å². The first-order valence-electron chi connectivity index (χ1n) is 23.1. The van der Waals surface area contributed by atoms with E-state index in [4.69, 9.17) is 62.6 Å². The maximum Gasteiger partial charge on any atom is 0.342 e. The second-order valence-electron chi connectivity index (χ2n) is 20.3. The third-order valence-corrected chi connectivity index (χ3v) is 14.4. The summed E-state index contributed by atoms with van der Waals surface area (Å²) in [6, 6.07) is 21.5. The van der Waals surface area contributed by atoms with Crippen molar-refractivity contribution >= 4 is 98.7 Å². The number of carbonyl (C=O) groups is 3. The van der Waals surface area contributed by atoms with Gasteiger partial charge in [0, 0.05) is 44.3 Å². The monoisotopic (exact) mass is 1060 g/mol. The van der Waals surface area contributed by atoms with Gasteiger partial charge in [0.2, 0.25) is 0 Å². The van der Waals surface area contributed by atoms with Crippen LogP contribution in [-0.4, -0.2) is 47.9 Å². The van der Waals surface area contributed by atoms with Crippen LogP contribution >= 0.6 is 46.4 Å². The summed E-state index contributed by atoms with van der Waals surface area (Å²) < 4.78 is 8.76. The smallest absolute Gasteiger partial charge is 0.342 e. The molecule has 3 amide bonds. The molecule has 2 atom stereocenters. The summed E-state index contributed by atoms with van der Waals surface area (Å²) in [5, 5.41) is 15.7. The van der Waals surface area contributed by atoms with E-state index in [-0.39, 0.29) is 72.9 Å². The highest BCUT2D eigenvalue weighted by Crippen LogP contribution is 2.50. The van der Waals surface area contributed by atoms with Crippen molar-refractivity contribution in [2.75, 3.05) is 16.8 Å². The summed E-state index contributed by atoms with van der Waals surface area (Å²) in [6.45, 7) is 18.5. The molecule has 19 heteroatoms. The van der Waals surface area contributed by atoms with E-state index in [0.29, 0.717) is 49.6 Å². The molecule has 1 aliphatic rings. The van der Waals surface area contributed by atoms with Crippen molar-refractivity contribution in [1.82, 2.24) is 24.1 Å². The maximum atomic E-state index is 14.3. The van der Waals surface area contributed by atoms with Crippen molar-refractivity contribution in [3.63, 3.8) is 0 Å². The number of nitrogen functional groups attached to an aromatic ring is 2. The minimum atomic E-state index is -0.963. The Morgan fingerprint density at radius 2 is 1.28 bits per heavy atom. The highest BCUT2D eigenvalue weighted by Gasteiger charge is 2.48. The minimum absolute atomic E-state index is 0.0174. The van der Waals surface area contributed by atoms with E-state index in [9.17, 15) is 29.1 Å². The summed E-state index contributed by atoms with van der Waals surface area (Å²) in [5.41, 5.74) is 13.7. The summed E-state index contributed by atoms with van der Waals surface area (Å²) in [6.07, 6.45) is 1.49. The van der Waals surface area contributed by atoms with Crippen molar-refractivity contribution < 1.29 is 24.2 Å². The van der Waals surface area contributed by atoms with Crippen molar-refractivity contribution in [2.24, 2.45) is 28.6 Å². The molecule has 4 heterocycles. The molecule has 1 aliphatic carbocycles. The number of amides is 3. The van der Waals surface area contributed by atoms with E-state index in [0.717, 1.165) is 27.2 Å². The molecule has 0 spiro atoms. The summed E-state index contributed by atoms with van der Waals surface area (Å²) in [4.78, 5) is 73.1. The predicted octanol–water partition coefficient (Wildman–Crippen LogP) is 11.4. The number of nitrogens with one attached hydrogen (secondary N) is 3. The third-order valence-electron chi connectivity index (χ3n) is 13.2. The second kappa shape index (κ2) is 20.5. The molecule has 0 radical (unpaired) electrons. The number of hydrogen-bond acceptors (Lipinski definition) is 10. The molecule has 4 aromatic heterocycles. The molecule has 0 aliphatic heterocycles. The summed E-state index contributed by atoms with van der Waals surface area (Å²) in [5.74, 6) is -1.56. The van der Waals surface area contributed by atoms with Gasteiger partial charge >= 0.3 is 12.0 Å². The number of aryl methyl sites for hydroxylation is 1. The van der Waals surface area contributed by atoms with E-state index < -0.39 is 34.6 Å². The molecule has 0 saturated heterocycles. The minimum Gasteiger partial charge on any atom is -0.512 e. The normalized spacial score (nSPS) is 17.5. The van der Waals surface area contributed by atoms with Gasteiger partial charge in [0.1, 0.15) is 55.8 Å².